The predicted molar refractivity (Wildman–Crippen MR) is 247 cm³/mol. The molecule has 2 aliphatic rings. The average Bonchev–Trinajstić information content (AvgIpc) is 3.82. The Morgan fingerprint density at radius 1 is 0.246 bits per heavy atom. The molecule has 0 aliphatic heterocycles. The van der Waals surface area contributed by atoms with Crippen molar-refractivity contribution in [3.05, 3.63) is 241 Å². The molecule has 12 rings (SSSR count). The molecule has 0 N–H and O–H groups in total. The number of hydrogen-bond donors (Lipinski definition) is 0. The van der Waals surface area contributed by atoms with Gasteiger partial charge in [-0.05, 0) is 102 Å². The zero-order valence-electron chi connectivity index (χ0n) is 33.1. The van der Waals surface area contributed by atoms with E-state index in [1.54, 1.807) is 0 Å². The molecule has 0 unspecified atom stereocenters. The highest BCUT2D eigenvalue weighted by molar-refractivity contribution is 5.97. The predicted octanol–water partition coefficient (Wildman–Crippen LogP) is 13.6. The lowest BCUT2D eigenvalue weighted by Gasteiger charge is -2.30. The van der Waals surface area contributed by atoms with Crippen molar-refractivity contribution in [2.75, 3.05) is 0 Å². The summed E-state index contributed by atoms with van der Waals surface area (Å²) in [6.07, 6.45) is 3.63. The summed E-state index contributed by atoms with van der Waals surface area (Å²) in [6, 6.07) is 74.0. The fourth-order valence-electron chi connectivity index (χ4n) is 9.76. The van der Waals surface area contributed by atoms with Gasteiger partial charge in [0, 0.05) is 29.1 Å². The van der Waals surface area contributed by atoms with E-state index in [0.29, 0.717) is 17.5 Å². The summed E-state index contributed by atoms with van der Waals surface area (Å²) in [5, 5.41) is 0. The number of pyridine rings is 1. The molecule has 0 atom stereocenters. The Hall–Kier alpha value is -8.08. The SMILES string of the molecule is c1ccc(-c2nc(-c3ccc(-c4ccncc4)cc3)nc(-c3ccc(-c4ccc5c(c4)C4(c6ccccc6-c6ccccc64)c4ccccc4-5)c(-c4ccccc4)c3)n2)cc1. The molecule has 0 amide bonds. The van der Waals surface area contributed by atoms with Crippen LogP contribution in [0.2, 0.25) is 0 Å². The molecule has 8 aromatic carbocycles. The first-order valence-corrected chi connectivity index (χ1v) is 20.7. The molecule has 0 bridgehead atoms. The van der Waals surface area contributed by atoms with Gasteiger partial charge in [0.2, 0.25) is 0 Å². The number of nitrogens with zero attached hydrogens (tertiary/aromatic N) is 4. The van der Waals surface area contributed by atoms with E-state index >= 15 is 0 Å². The number of rotatable bonds is 6. The fraction of sp³-hybridized carbons (Fsp3) is 0.0175. The van der Waals surface area contributed by atoms with E-state index in [0.717, 1.165) is 50.1 Å². The van der Waals surface area contributed by atoms with Gasteiger partial charge in [0.1, 0.15) is 0 Å². The van der Waals surface area contributed by atoms with Gasteiger partial charge in [-0.25, -0.2) is 15.0 Å². The molecule has 10 aromatic rings. The van der Waals surface area contributed by atoms with Gasteiger partial charge in [-0.2, -0.15) is 0 Å². The second-order valence-electron chi connectivity index (χ2n) is 15.8. The second-order valence-corrected chi connectivity index (χ2v) is 15.8. The topological polar surface area (TPSA) is 51.6 Å². The lowest BCUT2D eigenvalue weighted by atomic mass is 9.70. The monoisotopic (exact) mass is 776 g/mol. The molecule has 4 nitrogen and oxygen atoms in total. The maximum absolute atomic E-state index is 5.17. The Morgan fingerprint density at radius 3 is 1.25 bits per heavy atom. The highest BCUT2D eigenvalue weighted by Gasteiger charge is 2.51. The largest absolute Gasteiger partial charge is 0.265 e. The van der Waals surface area contributed by atoms with Crippen LogP contribution in [0.5, 0.6) is 0 Å². The molecule has 0 saturated carbocycles. The molecule has 0 radical (unpaired) electrons. The van der Waals surface area contributed by atoms with Crippen LogP contribution in [-0.2, 0) is 5.41 Å². The molecule has 2 heterocycles. The van der Waals surface area contributed by atoms with Crippen LogP contribution in [0.25, 0.3) is 89.8 Å². The summed E-state index contributed by atoms with van der Waals surface area (Å²) in [5.74, 6) is 1.87. The highest BCUT2D eigenvalue weighted by Crippen LogP contribution is 2.63. The summed E-state index contributed by atoms with van der Waals surface area (Å²) in [4.78, 5) is 19.5. The van der Waals surface area contributed by atoms with E-state index < -0.39 is 5.41 Å². The van der Waals surface area contributed by atoms with Gasteiger partial charge >= 0.3 is 0 Å². The normalized spacial score (nSPS) is 12.7. The van der Waals surface area contributed by atoms with Crippen LogP contribution in [0.15, 0.2) is 219 Å². The third-order valence-corrected chi connectivity index (χ3v) is 12.5. The molecular weight excluding hydrogens is 741 g/mol. The lowest BCUT2D eigenvalue weighted by Crippen LogP contribution is -2.25. The second kappa shape index (κ2) is 14.0. The molecule has 61 heavy (non-hydrogen) atoms. The molecular formula is C57H36N4. The molecule has 0 fully saturated rings. The minimum atomic E-state index is -0.423. The zero-order valence-corrected chi connectivity index (χ0v) is 33.1. The first kappa shape index (κ1) is 34.9. The Labute approximate surface area is 354 Å². The van der Waals surface area contributed by atoms with Gasteiger partial charge in [-0.3, -0.25) is 4.98 Å². The van der Waals surface area contributed by atoms with E-state index in [1.165, 1.54) is 44.5 Å². The fourth-order valence-corrected chi connectivity index (χ4v) is 9.76. The van der Waals surface area contributed by atoms with Crippen molar-refractivity contribution < 1.29 is 0 Å². The van der Waals surface area contributed by atoms with Crippen molar-refractivity contribution >= 4 is 0 Å². The van der Waals surface area contributed by atoms with Crippen molar-refractivity contribution in [1.82, 2.24) is 19.9 Å². The molecule has 284 valence electrons. The van der Waals surface area contributed by atoms with Crippen LogP contribution in [0.4, 0.5) is 0 Å². The lowest BCUT2D eigenvalue weighted by molar-refractivity contribution is 0.794. The molecule has 1 spiro atoms. The van der Waals surface area contributed by atoms with E-state index in [9.17, 15) is 0 Å². The molecule has 2 aliphatic carbocycles. The maximum Gasteiger partial charge on any atom is 0.164 e. The van der Waals surface area contributed by atoms with Crippen molar-refractivity contribution in [2.45, 2.75) is 5.41 Å². The third-order valence-electron chi connectivity index (χ3n) is 12.5. The number of hydrogen-bond acceptors (Lipinski definition) is 4. The average molecular weight is 777 g/mol. The van der Waals surface area contributed by atoms with Crippen molar-refractivity contribution in [2.24, 2.45) is 0 Å². The van der Waals surface area contributed by atoms with Gasteiger partial charge in [-0.15, -0.1) is 0 Å². The summed E-state index contributed by atoms with van der Waals surface area (Å²) < 4.78 is 0. The van der Waals surface area contributed by atoms with Gasteiger partial charge < -0.3 is 0 Å². The summed E-state index contributed by atoms with van der Waals surface area (Å²) >= 11 is 0. The van der Waals surface area contributed by atoms with Crippen LogP contribution in [0.3, 0.4) is 0 Å². The standard InChI is InChI=1S/C57H36N4/c1-3-13-39(14-4-1)49-35-43(56-60-54(40-15-5-2-6-16-40)59-55(61-56)41-25-23-37(24-26-41)38-31-33-58-34-32-38)28-29-44(49)42-27-30-48-47-19-9-12-22-52(47)57(53(48)36-42)50-20-10-7-17-45(50)46-18-8-11-21-51(46)57/h1-36H. The van der Waals surface area contributed by atoms with Gasteiger partial charge in [0.25, 0.3) is 0 Å². The quantitative estimate of drug-likeness (QED) is 0.169. The third kappa shape index (κ3) is 5.53. The Morgan fingerprint density at radius 2 is 0.656 bits per heavy atom. The van der Waals surface area contributed by atoms with Crippen LogP contribution in [0, 0.1) is 0 Å². The van der Waals surface area contributed by atoms with Gasteiger partial charge in [-0.1, -0.05) is 182 Å². The smallest absolute Gasteiger partial charge is 0.164 e. The first-order valence-electron chi connectivity index (χ1n) is 20.7. The highest BCUT2D eigenvalue weighted by atomic mass is 15.0. The van der Waals surface area contributed by atoms with Crippen LogP contribution in [-0.4, -0.2) is 19.9 Å². The molecule has 2 aromatic heterocycles. The van der Waals surface area contributed by atoms with E-state index in [1.807, 2.05) is 54.9 Å². The Bertz CT molecular complexity index is 3220. The first-order chi connectivity index (χ1) is 30.2. The minimum Gasteiger partial charge on any atom is -0.265 e. The Kier molecular flexibility index (Phi) is 8.04. The zero-order chi connectivity index (χ0) is 40.3. The maximum atomic E-state index is 5.17. The Balaban J connectivity index is 1.03. The van der Waals surface area contributed by atoms with Crippen molar-refractivity contribution in [3.63, 3.8) is 0 Å². The number of fused-ring (bicyclic) bond motifs is 10. The van der Waals surface area contributed by atoms with Crippen LogP contribution in [0.1, 0.15) is 22.3 Å². The van der Waals surface area contributed by atoms with E-state index in [4.69, 9.17) is 15.0 Å². The van der Waals surface area contributed by atoms with Gasteiger partial charge in [0.05, 0.1) is 5.41 Å². The van der Waals surface area contributed by atoms with Crippen LogP contribution >= 0.6 is 0 Å². The number of aromatic nitrogens is 4. The molecule has 4 heteroatoms. The minimum absolute atomic E-state index is 0.423. The summed E-state index contributed by atoms with van der Waals surface area (Å²) in [7, 11) is 0. The number of benzene rings is 8. The van der Waals surface area contributed by atoms with E-state index in [2.05, 4.69) is 169 Å². The van der Waals surface area contributed by atoms with Crippen molar-refractivity contribution in [1.29, 1.82) is 0 Å². The van der Waals surface area contributed by atoms with Crippen molar-refractivity contribution in [3.8, 4) is 89.8 Å². The van der Waals surface area contributed by atoms with E-state index in [-0.39, 0.29) is 0 Å². The molecule has 0 saturated heterocycles. The van der Waals surface area contributed by atoms with Crippen LogP contribution < -0.4 is 0 Å². The summed E-state index contributed by atoms with van der Waals surface area (Å²) in [5.41, 5.74) is 19.6. The van der Waals surface area contributed by atoms with Gasteiger partial charge in [0.15, 0.2) is 17.5 Å². The summed E-state index contributed by atoms with van der Waals surface area (Å²) in [6.45, 7) is 0.